The van der Waals surface area contributed by atoms with Gasteiger partial charge in [-0.05, 0) is 37.5 Å². The SMILES string of the molecule is Cc1cc(C)n2ncc(C(=O)NC34C(=O)c5c([N+](=O)[O-])cccc5C3(O)Oc3cc(C(C)C)ccc34)c2n1. The summed E-state index contributed by atoms with van der Waals surface area (Å²) in [5.74, 6) is -3.70. The van der Waals surface area contributed by atoms with Gasteiger partial charge in [-0.25, -0.2) is 9.50 Å². The second-order valence-electron chi connectivity index (χ2n) is 9.98. The van der Waals surface area contributed by atoms with E-state index in [-0.39, 0.29) is 39.6 Å². The van der Waals surface area contributed by atoms with Crippen LogP contribution in [0.2, 0.25) is 0 Å². The van der Waals surface area contributed by atoms with E-state index in [1.54, 1.807) is 25.1 Å². The van der Waals surface area contributed by atoms with Crippen LogP contribution >= 0.6 is 0 Å². The van der Waals surface area contributed by atoms with Gasteiger partial charge in [0.15, 0.2) is 5.65 Å². The number of nitrogens with zero attached hydrogens (tertiary/aromatic N) is 4. The lowest BCUT2D eigenvalue weighted by molar-refractivity contribution is -0.385. The minimum atomic E-state index is -2.43. The van der Waals surface area contributed by atoms with Crippen LogP contribution in [-0.2, 0) is 11.3 Å². The molecule has 11 heteroatoms. The van der Waals surface area contributed by atoms with E-state index >= 15 is 0 Å². The molecular formula is C27H23N5O6. The zero-order valence-corrected chi connectivity index (χ0v) is 21.0. The highest BCUT2D eigenvalue weighted by Crippen LogP contribution is 2.59. The van der Waals surface area contributed by atoms with E-state index in [1.165, 1.54) is 28.9 Å². The van der Waals surface area contributed by atoms with Gasteiger partial charge in [-0.15, -0.1) is 0 Å². The largest absolute Gasteiger partial charge is 0.454 e. The van der Waals surface area contributed by atoms with E-state index in [0.29, 0.717) is 5.69 Å². The number of ketones is 1. The summed E-state index contributed by atoms with van der Waals surface area (Å²) in [7, 11) is 0. The Labute approximate surface area is 216 Å². The molecule has 6 rings (SSSR count). The lowest BCUT2D eigenvalue weighted by Gasteiger charge is -2.34. The van der Waals surface area contributed by atoms with E-state index in [0.717, 1.165) is 11.3 Å². The van der Waals surface area contributed by atoms with Gasteiger partial charge >= 0.3 is 0 Å². The van der Waals surface area contributed by atoms with Gasteiger partial charge in [0.2, 0.25) is 11.3 Å². The van der Waals surface area contributed by atoms with E-state index in [2.05, 4.69) is 15.4 Å². The molecule has 2 atom stereocenters. The summed E-state index contributed by atoms with van der Waals surface area (Å²) in [5, 5.41) is 30.9. The molecule has 11 nitrogen and oxygen atoms in total. The average Bonchev–Trinajstić information content (AvgIpc) is 3.45. The van der Waals surface area contributed by atoms with Gasteiger partial charge in [0.25, 0.3) is 17.4 Å². The highest BCUT2D eigenvalue weighted by Gasteiger charge is 2.73. The molecule has 1 aliphatic heterocycles. The van der Waals surface area contributed by atoms with Crippen molar-refractivity contribution in [3.05, 3.63) is 98.0 Å². The predicted octanol–water partition coefficient (Wildman–Crippen LogP) is 3.44. The number of fused-ring (bicyclic) bond motifs is 6. The minimum absolute atomic E-state index is 0.0685. The third kappa shape index (κ3) is 2.87. The maximum atomic E-state index is 14.2. The summed E-state index contributed by atoms with van der Waals surface area (Å²) < 4.78 is 7.54. The minimum Gasteiger partial charge on any atom is -0.454 e. The lowest BCUT2D eigenvalue weighted by atomic mass is 9.82. The number of carbonyl (C=O) groups is 2. The number of aromatic nitrogens is 3. The molecule has 0 radical (unpaired) electrons. The molecule has 0 spiro atoms. The van der Waals surface area contributed by atoms with Crippen LogP contribution in [0.15, 0.2) is 48.7 Å². The van der Waals surface area contributed by atoms with Crippen molar-refractivity contribution in [2.45, 2.75) is 44.9 Å². The predicted molar refractivity (Wildman–Crippen MR) is 134 cm³/mol. The number of nitrogens with one attached hydrogen (secondary N) is 1. The third-order valence-corrected chi connectivity index (χ3v) is 7.34. The van der Waals surface area contributed by atoms with Crippen LogP contribution in [0.1, 0.15) is 68.6 Å². The molecule has 192 valence electrons. The maximum absolute atomic E-state index is 14.2. The number of hydrogen-bond donors (Lipinski definition) is 2. The van der Waals surface area contributed by atoms with Crippen LogP contribution in [0.5, 0.6) is 5.75 Å². The molecule has 0 saturated heterocycles. The number of aliphatic hydroxyl groups is 1. The van der Waals surface area contributed by atoms with Gasteiger partial charge in [-0.3, -0.25) is 19.7 Å². The van der Waals surface area contributed by atoms with Crippen molar-refractivity contribution >= 4 is 23.0 Å². The number of benzene rings is 2. The van der Waals surface area contributed by atoms with Crippen molar-refractivity contribution in [3.63, 3.8) is 0 Å². The number of amides is 1. The summed E-state index contributed by atoms with van der Waals surface area (Å²) >= 11 is 0. The first-order valence-corrected chi connectivity index (χ1v) is 12.0. The molecule has 4 aromatic rings. The first-order chi connectivity index (χ1) is 18.0. The van der Waals surface area contributed by atoms with Crippen LogP contribution in [0.4, 0.5) is 5.69 Å². The van der Waals surface area contributed by atoms with E-state index in [9.17, 15) is 24.8 Å². The molecule has 2 aromatic heterocycles. The number of ether oxygens (including phenoxy) is 1. The van der Waals surface area contributed by atoms with Crippen LogP contribution in [0.25, 0.3) is 5.65 Å². The molecule has 2 N–H and O–H groups in total. The van der Waals surface area contributed by atoms with Crippen molar-refractivity contribution in [2.24, 2.45) is 0 Å². The van der Waals surface area contributed by atoms with E-state index in [4.69, 9.17) is 4.74 Å². The van der Waals surface area contributed by atoms with Crippen molar-refractivity contribution in [1.82, 2.24) is 19.9 Å². The van der Waals surface area contributed by atoms with Gasteiger partial charge < -0.3 is 15.2 Å². The Morgan fingerprint density at radius 3 is 2.66 bits per heavy atom. The van der Waals surface area contributed by atoms with Crippen LogP contribution in [0.3, 0.4) is 0 Å². The number of nitro groups is 1. The van der Waals surface area contributed by atoms with Gasteiger partial charge in [0.05, 0.1) is 11.1 Å². The quantitative estimate of drug-likeness (QED) is 0.311. The Hall–Kier alpha value is -4.64. The summed E-state index contributed by atoms with van der Waals surface area (Å²) in [4.78, 5) is 43.6. The monoisotopic (exact) mass is 513 g/mol. The molecule has 0 saturated carbocycles. The Morgan fingerprint density at radius 2 is 1.95 bits per heavy atom. The summed E-state index contributed by atoms with van der Waals surface area (Å²) in [6, 6.07) is 10.8. The van der Waals surface area contributed by atoms with Crippen LogP contribution in [0, 0.1) is 24.0 Å². The van der Waals surface area contributed by atoms with Gasteiger partial charge in [0.1, 0.15) is 16.9 Å². The molecule has 2 unspecified atom stereocenters. The number of aryl methyl sites for hydroxylation is 2. The number of nitro benzene ring substituents is 1. The smallest absolute Gasteiger partial charge is 0.280 e. The van der Waals surface area contributed by atoms with Gasteiger partial charge in [-0.1, -0.05) is 38.1 Å². The molecular weight excluding hydrogens is 490 g/mol. The zero-order valence-electron chi connectivity index (χ0n) is 21.0. The van der Waals surface area contributed by atoms with Crippen molar-refractivity contribution in [1.29, 1.82) is 0 Å². The molecule has 2 aromatic carbocycles. The molecule has 2 aliphatic rings. The Kier molecular flexibility index (Phi) is 4.80. The highest BCUT2D eigenvalue weighted by molar-refractivity contribution is 6.16. The fourth-order valence-corrected chi connectivity index (χ4v) is 5.52. The Morgan fingerprint density at radius 1 is 1.18 bits per heavy atom. The van der Waals surface area contributed by atoms with E-state index < -0.39 is 33.6 Å². The fourth-order valence-electron chi connectivity index (χ4n) is 5.52. The summed E-state index contributed by atoms with van der Waals surface area (Å²) in [6.07, 6.45) is 1.33. The van der Waals surface area contributed by atoms with Crippen LogP contribution < -0.4 is 10.1 Å². The highest BCUT2D eigenvalue weighted by atomic mass is 16.6. The average molecular weight is 514 g/mol. The number of hydrogen-bond acceptors (Lipinski definition) is 8. The van der Waals surface area contributed by atoms with Crippen LogP contribution in [-0.4, -0.2) is 36.3 Å². The molecule has 1 aliphatic carbocycles. The number of carbonyl (C=O) groups excluding carboxylic acids is 2. The Bertz CT molecular complexity index is 1730. The molecule has 1 amide bonds. The molecule has 0 bridgehead atoms. The first-order valence-electron chi connectivity index (χ1n) is 12.0. The summed E-state index contributed by atoms with van der Waals surface area (Å²) in [5.41, 5.74) is -0.252. The molecule has 0 fully saturated rings. The Balaban J connectivity index is 1.58. The van der Waals surface area contributed by atoms with Gasteiger partial charge in [-0.2, -0.15) is 5.10 Å². The standard InChI is InChI=1S/C27H23N5O6/c1-13(2)16-8-9-18-21(11-16)38-27(35)19-6-5-7-20(32(36)37)22(19)23(33)26(18,27)30-25(34)17-12-28-31-15(4)10-14(3)29-24(17)31/h5-13,35H,1-4H3,(H,30,34). The number of Topliss-reactive ketones (excluding diaryl/α,β-unsaturated/α-hetero) is 1. The zero-order chi connectivity index (χ0) is 27.1. The van der Waals surface area contributed by atoms with Crippen molar-refractivity contribution in [3.8, 4) is 5.75 Å². The van der Waals surface area contributed by atoms with Crippen molar-refractivity contribution < 1.29 is 24.4 Å². The topological polar surface area (TPSA) is 149 Å². The lowest BCUT2D eigenvalue weighted by Crippen LogP contribution is -2.60. The third-order valence-electron chi connectivity index (χ3n) is 7.34. The summed E-state index contributed by atoms with van der Waals surface area (Å²) in [6.45, 7) is 7.56. The molecule has 3 heterocycles. The fraction of sp³-hybridized carbons (Fsp3) is 0.259. The van der Waals surface area contributed by atoms with Crippen molar-refractivity contribution in [2.75, 3.05) is 0 Å². The number of rotatable bonds is 4. The van der Waals surface area contributed by atoms with Gasteiger partial charge in [0, 0.05) is 28.6 Å². The first kappa shape index (κ1) is 23.7. The maximum Gasteiger partial charge on any atom is 0.280 e. The second-order valence-corrected chi connectivity index (χ2v) is 9.98. The second kappa shape index (κ2) is 7.68. The normalized spacial score (nSPS) is 21.3. The van der Waals surface area contributed by atoms with E-state index in [1.807, 2.05) is 26.8 Å². The molecule has 38 heavy (non-hydrogen) atoms.